The second-order valence-corrected chi connectivity index (χ2v) is 6.35. The van der Waals surface area contributed by atoms with Crippen LogP contribution in [-0.4, -0.2) is 34.3 Å². The molecule has 2 heterocycles. The molecule has 0 saturated carbocycles. The number of methoxy groups -OCH3 is 1. The van der Waals surface area contributed by atoms with Gasteiger partial charge in [0.1, 0.15) is 5.03 Å². The van der Waals surface area contributed by atoms with E-state index < -0.39 is 5.97 Å². The molecule has 3 rings (SSSR count). The largest absolute Gasteiger partial charge is 0.465 e. The van der Waals surface area contributed by atoms with Gasteiger partial charge in [-0.1, -0.05) is 11.8 Å². The first-order chi connectivity index (χ1) is 12.1. The normalized spacial score (nSPS) is 10.6. The molecular weight excluding hydrogens is 338 g/mol. The number of thioether (sulfide) groups is 1. The molecule has 0 radical (unpaired) electrons. The number of esters is 1. The third-order valence-electron chi connectivity index (χ3n) is 3.71. The van der Waals surface area contributed by atoms with Gasteiger partial charge in [-0.05, 0) is 36.4 Å². The van der Waals surface area contributed by atoms with Crippen LogP contribution in [0.1, 0.15) is 10.4 Å². The van der Waals surface area contributed by atoms with Gasteiger partial charge in [-0.15, -0.1) is 0 Å². The van der Waals surface area contributed by atoms with Gasteiger partial charge in [0.25, 0.3) is 0 Å². The van der Waals surface area contributed by atoms with Crippen LogP contribution >= 0.6 is 11.8 Å². The molecule has 6 nitrogen and oxygen atoms in total. The second kappa shape index (κ2) is 7.40. The molecule has 1 amide bonds. The molecule has 0 aliphatic rings. The minimum absolute atomic E-state index is 0.134. The number of hydrogen-bond donors (Lipinski definition) is 1. The molecule has 0 aliphatic carbocycles. The lowest BCUT2D eigenvalue weighted by molar-refractivity contribution is -0.113. The molecule has 128 valence electrons. The Labute approximate surface area is 149 Å². The first-order valence-electron chi connectivity index (χ1n) is 7.59. The van der Waals surface area contributed by atoms with Crippen LogP contribution in [0.5, 0.6) is 0 Å². The Balaban J connectivity index is 1.62. The average molecular weight is 355 g/mol. The SMILES string of the molecule is COC(=O)c1ccc(NC(=O)CSc2nccc3c2ccn3C)cc1. The standard InChI is InChI=1S/C18H17N3O3S/c1-21-10-8-14-15(21)7-9-19-17(14)25-11-16(22)20-13-5-3-12(4-6-13)18(23)24-2/h3-10H,11H2,1-2H3,(H,20,22). The minimum atomic E-state index is -0.407. The van der Waals surface area contributed by atoms with E-state index in [1.807, 2.05) is 29.9 Å². The number of amides is 1. The molecule has 0 fully saturated rings. The lowest BCUT2D eigenvalue weighted by Crippen LogP contribution is -2.14. The van der Waals surface area contributed by atoms with Crippen molar-refractivity contribution in [1.29, 1.82) is 0 Å². The summed E-state index contributed by atoms with van der Waals surface area (Å²) in [6.45, 7) is 0. The number of benzene rings is 1. The zero-order valence-electron chi connectivity index (χ0n) is 13.9. The number of carbonyl (C=O) groups excluding carboxylic acids is 2. The Hall–Kier alpha value is -2.80. The van der Waals surface area contributed by atoms with Crippen LogP contribution < -0.4 is 5.32 Å². The van der Waals surface area contributed by atoms with Crippen molar-refractivity contribution in [3.8, 4) is 0 Å². The van der Waals surface area contributed by atoms with Gasteiger partial charge in [-0.3, -0.25) is 4.79 Å². The van der Waals surface area contributed by atoms with Gasteiger partial charge in [-0.25, -0.2) is 9.78 Å². The van der Waals surface area contributed by atoms with E-state index in [1.165, 1.54) is 18.9 Å². The van der Waals surface area contributed by atoms with Crippen molar-refractivity contribution >= 4 is 40.2 Å². The maximum Gasteiger partial charge on any atom is 0.337 e. The lowest BCUT2D eigenvalue weighted by Gasteiger charge is -2.06. The number of fused-ring (bicyclic) bond motifs is 1. The predicted molar refractivity (Wildman–Crippen MR) is 97.8 cm³/mol. The fourth-order valence-electron chi connectivity index (χ4n) is 2.43. The zero-order valence-corrected chi connectivity index (χ0v) is 14.7. The number of anilines is 1. The Morgan fingerprint density at radius 2 is 1.96 bits per heavy atom. The first kappa shape index (κ1) is 17.0. The monoisotopic (exact) mass is 355 g/mol. The zero-order chi connectivity index (χ0) is 17.8. The maximum absolute atomic E-state index is 12.1. The molecule has 0 aliphatic heterocycles. The van der Waals surface area contributed by atoms with E-state index in [-0.39, 0.29) is 11.7 Å². The number of pyridine rings is 1. The van der Waals surface area contributed by atoms with Crippen LogP contribution in [0.4, 0.5) is 5.69 Å². The summed E-state index contributed by atoms with van der Waals surface area (Å²) in [6, 6.07) is 10.5. The van der Waals surface area contributed by atoms with Crippen molar-refractivity contribution in [3.05, 3.63) is 54.4 Å². The lowest BCUT2D eigenvalue weighted by atomic mass is 10.2. The highest BCUT2D eigenvalue weighted by atomic mass is 32.2. The maximum atomic E-state index is 12.1. The van der Waals surface area contributed by atoms with E-state index in [0.717, 1.165) is 15.9 Å². The second-order valence-electron chi connectivity index (χ2n) is 5.38. The molecule has 7 heteroatoms. The van der Waals surface area contributed by atoms with Gasteiger partial charge < -0.3 is 14.6 Å². The summed E-state index contributed by atoms with van der Waals surface area (Å²) >= 11 is 1.39. The summed E-state index contributed by atoms with van der Waals surface area (Å²) in [6.07, 6.45) is 3.72. The number of ether oxygens (including phenoxy) is 1. The van der Waals surface area contributed by atoms with Gasteiger partial charge in [0, 0.05) is 30.5 Å². The van der Waals surface area contributed by atoms with Gasteiger partial charge in [0.2, 0.25) is 5.91 Å². The van der Waals surface area contributed by atoms with E-state index in [2.05, 4.69) is 15.0 Å². The Morgan fingerprint density at radius 3 is 2.68 bits per heavy atom. The molecule has 25 heavy (non-hydrogen) atoms. The van der Waals surface area contributed by atoms with Crippen LogP contribution in [0.3, 0.4) is 0 Å². The molecule has 0 bridgehead atoms. The van der Waals surface area contributed by atoms with Gasteiger partial charge in [0.05, 0.1) is 23.9 Å². The highest BCUT2D eigenvalue weighted by Crippen LogP contribution is 2.26. The third kappa shape index (κ3) is 3.83. The average Bonchev–Trinajstić information content (AvgIpc) is 3.02. The number of nitrogens with one attached hydrogen (secondary N) is 1. The molecule has 0 spiro atoms. The summed E-state index contributed by atoms with van der Waals surface area (Å²) in [4.78, 5) is 27.9. The number of nitrogens with zero attached hydrogens (tertiary/aromatic N) is 2. The number of hydrogen-bond acceptors (Lipinski definition) is 5. The Bertz CT molecular complexity index is 919. The van der Waals surface area contributed by atoms with Crippen LogP contribution in [0.2, 0.25) is 0 Å². The number of aryl methyl sites for hydroxylation is 1. The molecule has 0 unspecified atom stereocenters. The van der Waals surface area contributed by atoms with Crippen molar-refractivity contribution in [2.75, 3.05) is 18.2 Å². The van der Waals surface area contributed by atoms with Crippen molar-refractivity contribution in [3.63, 3.8) is 0 Å². The van der Waals surface area contributed by atoms with E-state index >= 15 is 0 Å². The highest BCUT2D eigenvalue weighted by molar-refractivity contribution is 8.00. The summed E-state index contributed by atoms with van der Waals surface area (Å²) in [5.74, 6) is -0.291. The summed E-state index contributed by atoms with van der Waals surface area (Å²) < 4.78 is 6.66. The smallest absolute Gasteiger partial charge is 0.337 e. The van der Waals surface area contributed by atoms with Crippen molar-refractivity contribution in [2.45, 2.75) is 5.03 Å². The van der Waals surface area contributed by atoms with Gasteiger partial charge in [-0.2, -0.15) is 0 Å². The summed E-state index contributed by atoms with van der Waals surface area (Å²) in [5, 5.41) is 4.67. The van der Waals surface area contributed by atoms with Gasteiger partial charge in [0.15, 0.2) is 0 Å². The summed E-state index contributed by atoms with van der Waals surface area (Å²) in [5.41, 5.74) is 2.15. The highest BCUT2D eigenvalue weighted by Gasteiger charge is 2.10. The van der Waals surface area contributed by atoms with Crippen LogP contribution in [-0.2, 0) is 16.6 Å². The van der Waals surface area contributed by atoms with E-state index in [0.29, 0.717) is 11.3 Å². The number of rotatable bonds is 5. The molecule has 2 aromatic heterocycles. The van der Waals surface area contributed by atoms with Gasteiger partial charge >= 0.3 is 5.97 Å². The summed E-state index contributed by atoms with van der Waals surface area (Å²) in [7, 11) is 3.30. The topological polar surface area (TPSA) is 73.2 Å². The van der Waals surface area contributed by atoms with Crippen LogP contribution in [0.15, 0.2) is 53.8 Å². The minimum Gasteiger partial charge on any atom is -0.465 e. The van der Waals surface area contributed by atoms with Crippen molar-refractivity contribution < 1.29 is 14.3 Å². The van der Waals surface area contributed by atoms with Crippen LogP contribution in [0, 0.1) is 0 Å². The van der Waals surface area contributed by atoms with Crippen molar-refractivity contribution in [2.24, 2.45) is 7.05 Å². The number of carbonyl (C=O) groups is 2. The fourth-order valence-corrected chi connectivity index (χ4v) is 3.23. The van der Waals surface area contributed by atoms with Crippen molar-refractivity contribution in [1.82, 2.24) is 9.55 Å². The van der Waals surface area contributed by atoms with Crippen LogP contribution in [0.25, 0.3) is 10.9 Å². The fraction of sp³-hybridized carbons (Fsp3) is 0.167. The molecule has 1 aromatic carbocycles. The molecular formula is C18H17N3O3S. The van der Waals surface area contributed by atoms with E-state index in [9.17, 15) is 9.59 Å². The quantitative estimate of drug-likeness (QED) is 0.562. The Kier molecular flexibility index (Phi) is 5.04. The Morgan fingerprint density at radius 1 is 1.20 bits per heavy atom. The van der Waals surface area contributed by atoms with E-state index in [4.69, 9.17) is 0 Å². The molecule has 0 saturated heterocycles. The molecule has 0 atom stereocenters. The predicted octanol–water partition coefficient (Wildman–Crippen LogP) is 3.09. The first-order valence-corrected chi connectivity index (χ1v) is 8.58. The molecule has 1 N–H and O–H groups in total. The third-order valence-corrected chi connectivity index (χ3v) is 4.71. The molecule has 3 aromatic rings. The number of aromatic nitrogens is 2. The van der Waals surface area contributed by atoms with E-state index in [1.54, 1.807) is 30.5 Å².